The number of aliphatic hydroxyl groups excluding tert-OH is 1. The molecule has 0 aliphatic rings. The van der Waals surface area contributed by atoms with E-state index in [4.69, 9.17) is 9.97 Å². The molecule has 0 fully saturated rings. The molecule has 1 aromatic heterocycles. The minimum Gasteiger partial charge on any atom is -0.395 e. The van der Waals surface area contributed by atoms with Gasteiger partial charge < -0.3 is 10.4 Å². The van der Waals surface area contributed by atoms with Crippen molar-refractivity contribution in [2.75, 3.05) is 23.4 Å². The predicted octanol–water partition coefficient (Wildman–Crippen LogP) is 6.12. The summed E-state index contributed by atoms with van der Waals surface area (Å²) in [7, 11) is 0. The molecule has 2 amide bonds. The molecular weight excluding hydrogens is 436 g/mol. The van der Waals surface area contributed by atoms with Crippen molar-refractivity contribution in [3.8, 4) is 0 Å². The predicted molar refractivity (Wildman–Crippen MR) is 142 cm³/mol. The Bertz CT molecular complexity index is 1720. The van der Waals surface area contributed by atoms with Gasteiger partial charge in [-0.3, -0.25) is 4.90 Å². The SMILES string of the molecule is O=C(Nc1ccc2nc3c4ccccc4c4ccccc4c3nc2c1)N(CCO)c1ccccc1. The molecule has 6 aromatic rings. The van der Waals surface area contributed by atoms with Gasteiger partial charge in [0.15, 0.2) is 0 Å². The highest BCUT2D eigenvalue weighted by atomic mass is 16.3. The number of aromatic nitrogens is 2. The number of hydrogen-bond donors (Lipinski definition) is 2. The normalized spacial score (nSPS) is 11.3. The number of carbonyl (C=O) groups is 1. The topological polar surface area (TPSA) is 78.4 Å². The first-order valence-corrected chi connectivity index (χ1v) is 11.5. The third-order valence-electron chi connectivity index (χ3n) is 6.21. The lowest BCUT2D eigenvalue weighted by molar-refractivity contribution is 0.252. The molecule has 0 radical (unpaired) electrons. The van der Waals surface area contributed by atoms with Crippen molar-refractivity contribution < 1.29 is 9.90 Å². The standard InChI is InChI=1S/C29H22N4O2/c34-17-16-33(20-8-2-1-3-9-20)29(35)30-19-14-15-25-26(18-19)32-28-24-13-7-5-11-22(24)21-10-4-6-12-23(21)27(28)31-25/h1-15,18,34H,16-17H2,(H,30,35). The summed E-state index contributed by atoms with van der Waals surface area (Å²) in [6, 6.07) is 31.0. The van der Waals surface area contributed by atoms with E-state index in [0.717, 1.165) is 38.1 Å². The molecule has 0 aliphatic carbocycles. The number of carbonyl (C=O) groups excluding carboxylic acids is 1. The van der Waals surface area contributed by atoms with E-state index in [-0.39, 0.29) is 19.2 Å². The van der Waals surface area contributed by atoms with Gasteiger partial charge >= 0.3 is 6.03 Å². The zero-order chi connectivity index (χ0) is 23.8. The number of aliphatic hydroxyl groups is 1. The molecule has 6 nitrogen and oxygen atoms in total. The lowest BCUT2D eigenvalue weighted by Gasteiger charge is -2.22. The highest BCUT2D eigenvalue weighted by Gasteiger charge is 2.16. The Hall–Kier alpha value is -4.55. The van der Waals surface area contributed by atoms with Gasteiger partial charge in [-0.05, 0) is 41.1 Å². The number of nitrogens with one attached hydrogen (secondary N) is 1. The Kier molecular flexibility index (Phi) is 5.20. The van der Waals surface area contributed by atoms with Crippen LogP contribution in [0, 0.1) is 0 Å². The number of fused-ring (bicyclic) bond motifs is 7. The van der Waals surface area contributed by atoms with Crippen LogP contribution in [0.2, 0.25) is 0 Å². The molecule has 1 heterocycles. The largest absolute Gasteiger partial charge is 0.395 e. The average Bonchev–Trinajstić information content (AvgIpc) is 2.91. The second-order valence-electron chi connectivity index (χ2n) is 8.36. The third kappa shape index (κ3) is 3.70. The summed E-state index contributed by atoms with van der Waals surface area (Å²) in [5, 5.41) is 16.8. The van der Waals surface area contributed by atoms with E-state index >= 15 is 0 Å². The molecule has 0 unspecified atom stereocenters. The zero-order valence-corrected chi connectivity index (χ0v) is 18.8. The molecule has 0 atom stereocenters. The van der Waals surface area contributed by atoms with Crippen molar-refractivity contribution in [3.63, 3.8) is 0 Å². The van der Waals surface area contributed by atoms with Gasteiger partial charge in [0.2, 0.25) is 0 Å². The maximum absolute atomic E-state index is 13.0. The van der Waals surface area contributed by atoms with Crippen LogP contribution in [-0.4, -0.2) is 34.3 Å². The lowest BCUT2D eigenvalue weighted by Crippen LogP contribution is -2.37. The van der Waals surface area contributed by atoms with Crippen LogP contribution in [0.4, 0.5) is 16.2 Å². The van der Waals surface area contributed by atoms with Gasteiger partial charge in [-0.2, -0.15) is 0 Å². The van der Waals surface area contributed by atoms with Gasteiger partial charge in [0, 0.05) is 22.1 Å². The van der Waals surface area contributed by atoms with Crippen LogP contribution in [0.15, 0.2) is 97.1 Å². The number of hydrogen-bond acceptors (Lipinski definition) is 4. The summed E-state index contributed by atoms with van der Waals surface area (Å²) in [6.07, 6.45) is 0. The first-order chi connectivity index (χ1) is 17.2. The van der Waals surface area contributed by atoms with Crippen LogP contribution in [0.1, 0.15) is 0 Å². The smallest absolute Gasteiger partial charge is 0.326 e. The Labute approximate surface area is 201 Å². The van der Waals surface area contributed by atoms with E-state index in [0.29, 0.717) is 16.9 Å². The summed E-state index contributed by atoms with van der Waals surface area (Å²) in [5.74, 6) is 0. The van der Waals surface area contributed by atoms with Gasteiger partial charge in [0.1, 0.15) is 0 Å². The average molecular weight is 459 g/mol. The molecule has 2 N–H and O–H groups in total. The maximum Gasteiger partial charge on any atom is 0.326 e. The van der Waals surface area contributed by atoms with E-state index < -0.39 is 0 Å². The Balaban J connectivity index is 1.45. The lowest BCUT2D eigenvalue weighted by atomic mass is 9.99. The summed E-state index contributed by atoms with van der Waals surface area (Å²) in [6.45, 7) is 0.0471. The summed E-state index contributed by atoms with van der Waals surface area (Å²) >= 11 is 0. The number of amides is 2. The first kappa shape index (κ1) is 21.0. The van der Waals surface area contributed by atoms with Gasteiger partial charge in [0.25, 0.3) is 0 Å². The van der Waals surface area contributed by atoms with Gasteiger partial charge in [-0.1, -0.05) is 66.7 Å². The number of benzene rings is 5. The molecule has 5 aromatic carbocycles. The van der Waals surface area contributed by atoms with Crippen LogP contribution in [0.25, 0.3) is 43.6 Å². The fourth-order valence-corrected chi connectivity index (χ4v) is 4.60. The van der Waals surface area contributed by atoms with E-state index in [1.54, 1.807) is 0 Å². The van der Waals surface area contributed by atoms with Gasteiger partial charge in [0.05, 0.1) is 35.2 Å². The Morgan fingerprint density at radius 2 is 1.29 bits per heavy atom. The highest BCUT2D eigenvalue weighted by Crippen LogP contribution is 2.34. The van der Waals surface area contributed by atoms with Crippen LogP contribution in [0.5, 0.6) is 0 Å². The summed E-state index contributed by atoms with van der Waals surface area (Å²) in [5.41, 5.74) is 4.47. The second-order valence-corrected chi connectivity index (χ2v) is 8.36. The molecule has 6 heteroatoms. The molecule has 0 bridgehead atoms. The van der Waals surface area contributed by atoms with Crippen LogP contribution < -0.4 is 10.2 Å². The molecule has 0 saturated carbocycles. The fourth-order valence-electron chi connectivity index (χ4n) is 4.60. The van der Waals surface area contributed by atoms with Crippen molar-refractivity contribution in [2.24, 2.45) is 0 Å². The first-order valence-electron chi connectivity index (χ1n) is 11.5. The van der Waals surface area contributed by atoms with Crippen molar-refractivity contribution in [3.05, 3.63) is 97.1 Å². The molecule has 0 aliphatic heterocycles. The maximum atomic E-state index is 13.0. The number of nitrogens with zero attached hydrogens (tertiary/aromatic N) is 3. The van der Waals surface area contributed by atoms with Crippen LogP contribution in [-0.2, 0) is 0 Å². The Morgan fingerprint density at radius 1 is 0.714 bits per heavy atom. The molecular formula is C29H22N4O2. The third-order valence-corrected chi connectivity index (χ3v) is 6.21. The molecule has 6 rings (SSSR count). The zero-order valence-electron chi connectivity index (χ0n) is 18.8. The molecule has 0 saturated heterocycles. The van der Waals surface area contributed by atoms with E-state index in [2.05, 4.69) is 29.6 Å². The molecule has 0 spiro atoms. The number of anilines is 2. The number of rotatable bonds is 4. The van der Waals surface area contributed by atoms with Crippen molar-refractivity contribution in [1.29, 1.82) is 0 Å². The molecule has 35 heavy (non-hydrogen) atoms. The van der Waals surface area contributed by atoms with Gasteiger partial charge in [-0.15, -0.1) is 0 Å². The Morgan fingerprint density at radius 3 is 1.91 bits per heavy atom. The van der Waals surface area contributed by atoms with Crippen LogP contribution in [0.3, 0.4) is 0 Å². The fraction of sp³-hybridized carbons (Fsp3) is 0.0690. The van der Waals surface area contributed by atoms with Crippen molar-refractivity contribution in [2.45, 2.75) is 0 Å². The van der Waals surface area contributed by atoms with Crippen molar-refractivity contribution in [1.82, 2.24) is 9.97 Å². The van der Waals surface area contributed by atoms with Crippen molar-refractivity contribution >= 4 is 61.0 Å². The van der Waals surface area contributed by atoms with Gasteiger partial charge in [-0.25, -0.2) is 14.8 Å². The van der Waals surface area contributed by atoms with E-state index in [1.807, 2.05) is 72.8 Å². The molecule has 170 valence electrons. The van der Waals surface area contributed by atoms with E-state index in [9.17, 15) is 9.90 Å². The van der Waals surface area contributed by atoms with E-state index in [1.165, 1.54) is 4.90 Å². The van der Waals surface area contributed by atoms with Crippen LogP contribution >= 0.6 is 0 Å². The second kappa shape index (κ2) is 8.66. The highest BCUT2D eigenvalue weighted by molar-refractivity contribution is 6.23. The number of urea groups is 1. The monoisotopic (exact) mass is 458 g/mol. The summed E-state index contributed by atoms with van der Waals surface area (Å²) in [4.78, 5) is 24.5. The minimum absolute atomic E-state index is 0.140. The quantitative estimate of drug-likeness (QED) is 0.246. The minimum atomic E-state index is -0.324. The number of para-hydroxylation sites is 1. The summed E-state index contributed by atoms with van der Waals surface area (Å²) < 4.78 is 0.